The zero-order chi connectivity index (χ0) is 12.5. The number of nitrogens with one attached hydrogen (secondary N) is 1. The van der Waals surface area contributed by atoms with Gasteiger partial charge < -0.3 is 0 Å². The highest BCUT2D eigenvalue weighted by atomic mass is 32.2. The first-order chi connectivity index (χ1) is 8.01. The first-order valence-electron chi connectivity index (χ1n) is 5.40. The first kappa shape index (κ1) is 12.2. The summed E-state index contributed by atoms with van der Waals surface area (Å²) >= 11 is 0. The highest BCUT2D eigenvalue weighted by Crippen LogP contribution is 2.17. The lowest BCUT2D eigenvalue weighted by Gasteiger charge is -2.28. The van der Waals surface area contributed by atoms with Crippen LogP contribution in [0.15, 0.2) is 4.99 Å². The van der Waals surface area contributed by atoms with E-state index in [-0.39, 0.29) is 0 Å². The normalized spacial score (nSPS) is 26.9. The summed E-state index contributed by atoms with van der Waals surface area (Å²) in [6.07, 6.45) is 3.49. The Labute approximate surface area is 98.9 Å². The Morgan fingerprint density at radius 1 is 1.24 bits per heavy atom. The van der Waals surface area contributed by atoms with Gasteiger partial charge in [-0.1, -0.05) is 6.42 Å². The molecule has 0 aromatic heterocycles. The summed E-state index contributed by atoms with van der Waals surface area (Å²) in [6.45, 7) is 0.849. The van der Waals surface area contributed by atoms with Gasteiger partial charge in [0.2, 0.25) is 10.0 Å². The van der Waals surface area contributed by atoms with E-state index in [0.717, 1.165) is 25.5 Å². The number of rotatable bonds is 2. The molecule has 1 saturated heterocycles. The van der Waals surface area contributed by atoms with E-state index in [1.54, 1.807) is 0 Å². The number of urea groups is 1. The number of carbonyl (C=O) groups excluding carboxylic acids is 2. The fourth-order valence-corrected chi connectivity index (χ4v) is 3.54. The fraction of sp³-hybridized carbons (Fsp3) is 0.667. The Hall–Kier alpha value is -1.28. The number of hydrogen-bond donors (Lipinski definition) is 1. The molecule has 0 bridgehead atoms. The zero-order valence-corrected chi connectivity index (χ0v) is 9.94. The standard InChI is InChI=1S/C9H13N3O4S/c13-8-7(6-10-9(14)11-8)17(15,16)12-4-2-1-3-5-12/h6-7H,1-5H2,(H,11,13,14). The van der Waals surface area contributed by atoms with Crippen molar-refractivity contribution in [1.82, 2.24) is 9.62 Å². The van der Waals surface area contributed by atoms with Crippen LogP contribution in [0.25, 0.3) is 0 Å². The summed E-state index contributed by atoms with van der Waals surface area (Å²) in [7, 11) is -3.74. The Balaban J connectivity index is 2.23. The molecule has 7 nitrogen and oxygen atoms in total. The maximum absolute atomic E-state index is 12.1. The molecule has 1 unspecified atom stereocenters. The van der Waals surface area contributed by atoms with Crippen molar-refractivity contribution in [3.8, 4) is 0 Å². The lowest BCUT2D eigenvalue weighted by atomic mass is 10.2. The minimum atomic E-state index is -3.74. The SMILES string of the molecule is O=C1N=CC(S(=O)(=O)N2CCCCC2)C(=O)N1. The third-order valence-corrected chi connectivity index (χ3v) is 4.87. The largest absolute Gasteiger partial charge is 0.347 e. The second-order valence-corrected chi connectivity index (χ2v) is 6.05. The zero-order valence-electron chi connectivity index (χ0n) is 9.13. The molecule has 0 spiro atoms. The molecule has 0 radical (unpaired) electrons. The molecule has 1 N–H and O–H groups in total. The number of aliphatic imine (C=N–C) groups is 1. The highest BCUT2D eigenvalue weighted by molar-refractivity contribution is 7.91. The van der Waals surface area contributed by atoms with E-state index >= 15 is 0 Å². The molecule has 2 aliphatic rings. The molecule has 2 aliphatic heterocycles. The molecular weight excluding hydrogens is 246 g/mol. The van der Waals surface area contributed by atoms with E-state index in [1.807, 2.05) is 5.32 Å². The van der Waals surface area contributed by atoms with Crippen LogP contribution in [0.3, 0.4) is 0 Å². The van der Waals surface area contributed by atoms with Crippen molar-refractivity contribution in [3.63, 3.8) is 0 Å². The average Bonchev–Trinajstić information content (AvgIpc) is 2.29. The number of carbonyl (C=O) groups is 2. The minimum Gasteiger partial charge on any atom is -0.275 e. The Bertz CT molecular complexity index is 465. The summed E-state index contributed by atoms with van der Waals surface area (Å²) in [6, 6.07) is -0.819. The fourth-order valence-electron chi connectivity index (χ4n) is 1.90. The quantitative estimate of drug-likeness (QED) is 0.722. The lowest BCUT2D eigenvalue weighted by molar-refractivity contribution is -0.118. The van der Waals surface area contributed by atoms with Crippen LogP contribution in [-0.4, -0.2) is 49.2 Å². The van der Waals surface area contributed by atoms with Gasteiger partial charge >= 0.3 is 6.03 Å². The lowest BCUT2D eigenvalue weighted by Crippen LogP contribution is -2.52. The van der Waals surface area contributed by atoms with Crippen LogP contribution < -0.4 is 5.32 Å². The molecule has 2 heterocycles. The Morgan fingerprint density at radius 3 is 2.47 bits per heavy atom. The third kappa shape index (κ3) is 2.37. The first-order valence-corrected chi connectivity index (χ1v) is 6.90. The minimum absolute atomic E-state index is 0.425. The van der Waals surface area contributed by atoms with Gasteiger partial charge in [-0.15, -0.1) is 0 Å². The van der Waals surface area contributed by atoms with Gasteiger partial charge in [-0.05, 0) is 12.8 Å². The van der Waals surface area contributed by atoms with Crippen LogP contribution in [0, 0.1) is 0 Å². The van der Waals surface area contributed by atoms with Crippen molar-refractivity contribution < 1.29 is 18.0 Å². The van der Waals surface area contributed by atoms with Crippen LogP contribution in [0.5, 0.6) is 0 Å². The van der Waals surface area contributed by atoms with Crippen molar-refractivity contribution in [2.45, 2.75) is 24.5 Å². The summed E-state index contributed by atoms with van der Waals surface area (Å²) < 4.78 is 25.5. The van der Waals surface area contributed by atoms with Crippen LogP contribution >= 0.6 is 0 Å². The molecule has 0 saturated carbocycles. The van der Waals surface area contributed by atoms with Crippen molar-refractivity contribution in [3.05, 3.63) is 0 Å². The van der Waals surface area contributed by atoms with E-state index in [9.17, 15) is 18.0 Å². The van der Waals surface area contributed by atoms with Gasteiger partial charge in [-0.3, -0.25) is 10.1 Å². The molecule has 17 heavy (non-hydrogen) atoms. The predicted octanol–water partition coefficient (Wildman–Crippen LogP) is -0.509. The van der Waals surface area contributed by atoms with Gasteiger partial charge in [0.25, 0.3) is 5.91 Å². The molecular formula is C9H13N3O4S. The van der Waals surface area contributed by atoms with E-state index < -0.39 is 27.2 Å². The maximum Gasteiger partial charge on any atom is 0.347 e. The third-order valence-electron chi connectivity index (χ3n) is 2.81. The van der Waals surface area contributed by atoms with Crippen LogP contribution in [0.2, 0.25) is 0 Å². The van der Waals surface area contributed by atoms with Gasteiger partial charge in [0.15, 0.2) is 5.25 Å². The summed E-state index contributed by atoms with van der Waals surface area (Å²) in [5, 5.41) is 0.516. The number of imide groups is 1. The van der Waals surface area contributed by atoms with Gasteiger partial charge in [0, 0.05) is 19.3 Å². The summed E-state index contributed by atoms with van der Waals surface area (Å²) in [5.74, 6) is -0.824. The van der Waals surface area contributed by atoms with E-state index in [1.165, 1.54) is 4.31 Å². The molecule has 0 aliphatic carbocycles. The van der Waals surface area contributed by atoms with Crippen molar-refractivity contribution in [2.75, 3.05) is 13.1 Å². The highest BCUT2D eigenvalue weighted by Gasteiger charge is 2.39. The molecule has 2 rings (SSSR count). The Morgan fingerprint density at radius 2 is 1.88 bits per heavy atom. The topological polar surface area (TPSA) is 95.9 Å². The molecule has 8 heteroatoms. The number of amides is 3. The molecule has 1 atom stereocenters. The molecule has 0 aromatic carbocycles. The maximum atomic E-state index is 12.1. The predicted molar refractivity (Wildman–Crippen MR) is 60.2 cm³/mol. The average molecular weight is 259 g/mol. The van der Waals surface area contributed by atoms with Crippen molar-refractivity contribution >= 4 is 28.2 Å². The molecule has 0 aromatic rings. The Kier molecular flexibility index (Phi) is 3.25. The number of hydrogen-bond acceptors (Lipinski definition) is 4. The summed E-state index contributed by atoms with van der Waals surface area (Å²) in [4.78, 5) is 25.6. The molecule has 94 valence electrons. The van der Waals surface area contributed by atoms with Gasteiger partial charge in [0.05, 0.1) is 0 Å². The second-order valence-electron chi connectivity index (χ2n) is 4.00. The van der Waals surface area contributed by atoms with Crippen molar-refractivity contribution in [1.29, 1.82) is 0 Å². The molecule has 1 fully saturated rings. The van der Waals surface area contributed by atoms with Crippen LogP contribution in [-0.2, 0) is 14.8 Å². The van der Waals surface area contributed by atoms with Crippen LogP contribution in [0.4, 0.5) is 4.79 Å². The monoisotopic (exact) mass is 259 g/mol. The molecule has 3 amide bonds. The second kappa shape index (κ2) is 4.53. The van der Waals surface area contributed by atoms with Gasteiger partial charge in [-0.25, -0.2) is 22.5 Å². The smallest absolute Gasteiger partial charge is 0.275 e. The van der Waals surface area contributed by atoms with Crippen LogP contribution in [0.1, 0.15) is 19.3 Å². The summed E-state index contributed by atoms with van der Waals surface area (Å²) in [5.41, 5.74) is 0. The number of nitrogens with zero attached hydrogens (tertiary/aromatic N) is 2. The van der Waals surface area contributed by atoms with Gasteiger partial charge in [0.1, 0.15) is 0 Å². The number of sulfonamides is 1. The van der Waals surface area contributed by atoms with E-state index in [2.05, 4.69) is 4.99 Å². The van der Waals surface area contributed by atoms with Gasteiger partial charge in [-0.2, -0.15) is 0 Å². The van der Waals surface area contributed by atoms with E-state index in [4.69, 9.17) is 0 Å². The van der Waals surface area contributed by atoms with E-state index in [0.29, 0.717) is 13.1 Å². The van der Waals surface area contributed by atoms with Crippen molar-refractivity contribution in [2.24, 2.45) is 4.99 Å². The number of piperidine rings is 1.